The number of fused-ring (bicyclic) bond motifs is 2. The maximum Gasteiger partial charge on any atom is 0.223 e. The minimum atomic E-state index is -0.447. The average Bonchev–Trinajstić information content (AvgIpc) is 4.09. The van der Waals surface area contributed by atoms with Crippen molar-refractivity contribution in [2.24, 2.45) is 23.7 Å². The number of aromatic amines is 2. The molecule has 4 heterocycles. The van der Waals surface area contributed by atoms with E-state index in [1.807, 2.05) is 48.8 Å². The Labute approximate surface area is 352 Å². The first-order chi connectivity index (χ1) is 29.2. The molecule has 2 aromatic carbocycles. The fourth-order valence-corrected chi connectivity index (χ4v) is 9.00. The predicted molar refractivity (Wildman–Crippen MR) is 236 cm³/mol. The van der Waals surface area contributed by atoms with Crippen molar-refractivity contribution in [3.63, 3.8) is 0 Å². The lowest BCUT2D eigenvalue weighted by Gasteiger charge is -2.16. The second-order valence-electron chi connectivity index (χ2n) is 17.0. The summed E-state index contributed by atoms with van der Waals surface area (Å²) in [5.41, 5.74) is 6.76. The van der Waals surface area contributed by atoms with Crippen LogP contribution < -0.4 is 10.6 Å². The van der Waals surface area contributed by atoms with E-state index in [1.54, 1.807) is 26.2 Å². The number of nitrogens with zero attached hydrogens (tertiary/aromatic N) is 2. The molecular formula is C50H58N6O4. The molecule has 60 heavy (non-hydrogen) atoms. The fraction of sp³-hybridized carbons (Fsp3) is 0.400. The van der Waals surface area contributed by atoms with E-state index in [2.05, 4.69) is 79.1 Å². The lowest BCUT2D eigenvalue weighted by molar-refractivity contribution is -0.129. The number of hydrogen-bond donors (Lipinski definition) is 4. The first-order valence-corrected chi connectivity index (χ1v) is 21.7. The first kappa shape index (κ1) is 42.2. The molecule has 0 unspecified atom stereocenters. The largest absolute Gasteiger partial charge is 0.358 e. The molecule has 0 spiro atoms. The Morgan fingerprint density at radius 3 is 1.42 bits per heavy atom. The van der Waals surface area contributed by atoms with Gasteiger partial charge in [-0.1, -0.05) is 60.7 Å². The van der Waals surface area contributed by atoms with Gasteiger partial charge in [0.2, 0.25) is 11.8 Å². The number of nitrogens with one attached hydrogen (secondary N) is 4. The molecule has 0 aliphatic heterocycles. The standard InChI is InChI=1S/2C25H29N3O2/c2*1-17(24(29)10-9-22-15-21-16-26-12-11-23(21)28-22)27-25(30)20-8-7-19(14-20)13-18-5-3-2-4-6-18/h2*2-6,11-12,15-17,19-20,28H,7-10,13-14H2,1H3,(H,27,30)/t2*17-,19-,20+/m00/s1. The van der Waals surface area contributed by atoms with Crippen LogP contribution in [0.15, 0.2) is 110 Å². The van der Waals surface area contributed by atoms with Crippen LogP contribution in [0.4, 0.5) is 0 Å². The van der Waals surface area contributed by atoms with E-state index in [4.69, 9.17) is 0 Å². The number of benzene rings is 2. The summed E-state index contributed by atoms with van der Waals surface area (Å²) >= 11 is 0. The Hall–Kier alpha value is -5.90. The van der Waals surface area contributed by atoms with Gasteiger partial charge in [-0.2, -0.15) is 0 Å². The molecule has 2 saturated carbocycles. The molecule has 0 radical (unpaired) electrons. The molecule has 10 nitrogen and oxygen atoms in total. The molecule has 8 rings (SSSR count). The Kier molecular flexibility index (Phi) is 14.3. The van der Waals surface area contributed by atoms with Gasteiger partial charge >= 0.3 is 0 Å². The summed E-state index contributed by atoms with van der Waals surface area (Å²) in [4.78, 5) is 65.3. The molecule has 2 aliphatic carbocycles. The number of aryl methyl sites for hydroxylation is 2. The third-order valence-electron chi connectivity index (χ3n) is 12.5. The zero-order valence-electron chi connectivity index (χ0n) is 34.9. The van der Waals surface area contributed by atoms with Crippen LogP contribution in [0, 0.1) is 23.7 Å². The Bertz CT molecular complexity index is 2120. The van der Waals surface area contributed by atoms with Gasteiger partial charge < -0.3 is 20.6 Å². The van der Waals surface area contributed by atoms with Gasteiger partial charge in [0.15, 0.2) is 11.6 Å². The lowest BCUT2D eigenvalue weighted by Crippen LogP contribution is -2.41. The number of pyridine rings is 2. The number of Topliss-reactive ketones (excluding diaryl/α,β-unsaturated/α-hetero) is 2. The van der Waals surface area contributed by atoms with Crippen molar-refractivity contribution >= 4 is 45.2 Å². The van der Waals surface area contributed by atoms with Gasteiger partial charge in [-0.25, -0.2) is 0 Å². The van der Waals surface area contributed by atoms with Crippen molar-refractivity contribution < 1.29 is 19.2 Å². The zero-order valence-corrected chi connectivity index (χ0v) is 34.9. The molecule has 2 fully saturated rings. The number of rotatable bonds is 16. The van der Waals surface area contributed by atoms with Gasteiger partial charge in [-0.05, 0) is 125 Å². The molecule has 312 valence electrons. The minimum absolute atomic E-state index is 0.0233. The lowest BCUT2D eigenvalue weighted by atomic mass is 9.96. The van der Waals surface area contributed by atoms with Crippen LogP contribution in [0.1, 0.15) is 87.7 Å². The van der Waals surface area contributed by atoms with Gasteiger partial charge in [0, 0.05) is 82.7 Å². The molecule has 10 heteroatoms. The summed E-state index contributed by atoms with van der Waals surface area (Å²) in [6.45, 7) is 3.59. The van der Waals surface area contributed by atoms with E-state index in [9.17, 15) is 19.2 Å². The predicted octanol–water partition coefficient (Wildman–Crippen LogP) is 8.46. The van der Waals surface area contributed by atoms with Crippen molar-refractivity contribution in [1.29, 1.82) is 0 Å². The highest BCUT2D eigenvalue weighted by atomic mass is 16.2. The molecule has 0 bridgehead atoms. The van der Waals surface area contributed by atoms with Gasteiger partial charge in [0.1, 0.15) is 0 Å². The maximum absolute atomic E-state index is 12.7. The maximum atomic E-state index is 12.7. The van der Waals surface area contributed by atoms with Crippen molar-refractivity contribution in [2.45, 2.75) is 103 Å². The Morgan fingerprint density at radius 2 is 1.02 bits per heavy atom. The number of H-pyrrole nitrogens is 2. The van der Waals surface area contributed by atoms with Crippen LogP contribution in [0.3, 0.4) is 0 Å². The van der Waals surface area contributed by atoms with E-state index in [1.165, 1.54) is 11.1 Å². The molecule has 2 aliphatic rings. The molecule has 0 saturated heterocycles. The molecular weight excluding hydrogens is 749 g/mol. The smallest absolute Gasteiger partial charge is 0.223 e. The number of amides is 2. The van der Waals surface area contributed by atoms with E-state index < -0.39 is 12.1 Å². The van der Waals surface area contributed by atoms with Crippen LogP contribution in [0.2, 0.25) is 0 Å². The van der Waals surface area contributed by atoms with Crippen molar-refractivity contribution in [1.82, 2.24) is 30.6 Å². The normalized spacial score (nSPS) is 19.6. The highest BCUT2D eigenvalue weighted by Crippen LogP contribution is 2.34. The highest BCUT2D eigenvalue weighted by molar-refractivity contribution is 5.90. The van der Waals surface area contributed by atoms with Gasteiger partial charge in [0.05, 0.1) is 12.1 Å². The number of hydrogen-bond acceptors (Lipinski definition) is 6. The second kappa shape index (κ2) is 20.4. The number of aromatic nitrogens is 4. The quantitative estimate of drug-likeness (QED) is 0.0771. The van der Waals surface area contributed by atoms with Crippen LogP contribution in [-0.2, 0) is 44.9 Å². The molecule has 6 aromatic rings. The number of ketones is 2. The average molecular weight is 807 g/mol. The summed E-state index contributed by atoms with van der Waals surface area (Å²) in [5, 5.41) is 8.02. The van der Waals surface area contributed by atoms with Crippen LogP contribution >= 0.6 is 0 Å². The van der Waals surface area contributed by atoms with Crippen molar-refractivity contribution in [3.8, 4) is 0 Å². The molecule has 4 N–H and O–H groups in total. The molecule has 4 aromatic heterocycles. The van der Waals surface area contributed by atoms with Crippen molar-refractivity contribution in [3.05, 3.63) is 132 Å². The Morgan fingerprint density at radius 1 is 0.600 bits per heavy atom. The summed E-state index contributed by atoms with van der Waals surface area (Å²) in [5.74, 6) is 1.34. The van der Waals surface area contributed by atoms with Gasteiger partial charge in [0.25, 0.3) is 0 Å². The summed E-state index contributed by atoms with van der Waals surface area (Å²) in [7, 11) is 0. The van der Waals surface area contributed by atoms with E-state index >= 15 is 0 Å². The molecule has 6 atom stereocenters. The highest BCUT2D eigenvalue weighted by Gasteiger charge is 2.32. The number of carbonyl (C=O) groups is 4. The van der Waals surface area contributed by atoms with Crippen molar-refractivity contribution in [2.75, 3.05) is 0 Å². The topological polar surface area (TPSA) is 150 Å². The van der Waals surface area contributed by atoms with Crippen LogP contribution in [0.5, 0.6) is 0 Å². The monoisotopic (exact) mass is 806 g/mol. The van der Waals surface area contributed by atoms with Gasteiger partial charge in [-0.15, -0.1) is 0 Å². The SMILES string of the molecule is C[C@H](NC(=O)[C@@H]1CC[C@@H](Cc2ccccc2)C1)C(=O)CCc1cc2cnccc2[nH]1.C[C@H](NC(=O)[C@@H]1CC[C@@H](Cc2ccccc2)C1)C(=O)CCc1cc2cnccc2[nH]1. The molecule has 2 amide bonds. The summed E-state index contributed by atoms with van der Waals surface area (Å²) in [6, 6.07) is 27.9. The summed E-state index contributed by atoms with van der Waals surface area (Å²) < 4.78 is 0. The Balaban J connectivity index is 0.000000181. The van der Waals surface area contributed by atoms with Crippen LogP contribution in [-0.4, -0.2) is 55.4 Å². The first-order valence-electron chi connectivity index (χ1n) is 21.7. The third-order valence-corrected chi connectivity index (χ3v) is 12.5. The third kappa shape index (κ3) is 11.6. The second-order valence-corrected chi connectivity index (χ2v) is 17.0. The minimum Gasteiger partial charge on any atom is -0.358 e. The van der Waals surface area contributed by atoms with Gasteiger partial charge in [-0.3, -0.25) is 29.1 Å². The number of carbonyl (C=O) groups excluding carboxylic acids is 4. The van der Waals surface area contributed by atoms with E-state index in [-0.39, 0.29) is 35.2 Å². The zero-order chi connectivity index (χ0) is 41.8. The summed E-state index contributed by atoms with van der Waals surface area (Å²) in [6.07, 6.45) is 17.0. The van der Waals surface area contributed by atoms with E-state index in [0.29, 0.717) is 37.5 Å². The van der Waals surface area contributed by atoms with E-state index in [0.717, 1.165) is 84.6 Å². The fourth-order valence-electron chi connectivity index (χ4n) is 9.00. The van der Waals surface area contributed by atoms with Crippen LogP contribution in [0.25, 0.3) is 21.8 Å².